The van der Waals surface area contributed by atoms with Crippen LogP contribution in [0.5, 0.6) is 0 Å². The fourth-order valence-electron chi connectivity index (χ4n) is 1.53. The number of para-hydroxylation sites is 1. The van der Waals surface area contributed by atoms with Crippen LogP contribution in [0.2, 0.25) is 0 Å². The topological polar surface area (TPSA) is 22.0 Å². The van der Waals surface area contributed by atoms with Gasteiger partial charge in [-0.15, -0.1) is 11.3 Å². The summed E-state index contributed by atoms with van der Waals surface area (Å²) in [6, 6.07) is 7.82. The van der Waals surface area contributed by atoms with Gasteiger partial charge in [0.15, 0.2) is 3.95 Å². The van der Waals surface area contributed by atoms with Crippen LogP contribution in [-0.2, 0) is 0 Å². The van der Waals surface area contributed by atoms with E-state index in [-0.39, 0.29) is 5.91 Å². The molecule has 0 aliphatic carbocycles. The van der Waals surface area contributed by atoms with Crippen LogP contribution in [0.25, 0.3) is 10.2 Å². The molecule has 0 atom stereocenters. The highest BCUT2D eigenvalue weighted by Gasteiger charge is 2.10. The molecule has 0 bridgehead atoms. The zero-order chi connectivity index (χ0) is 10.8. The molecule has 2 aromatic rings. The number of nitrogens with zero attached hydrogens (tertiary/aromatic N) is 1. The molecule has 0 spiro atoms. The highest BCUT2D eigenvalue weighted by Crippen LogP contribution is 2.23. The van der Waals surface area contributed by atoms with Crippen LogP contribution >= 0.6 is 23.6 Å². The van der Waals surface area contributed by atoms with Gasteiger partial charge in [-0.2, -0.15) is 0 Å². The number of hydrogen-bond acceptors (Lipinski definition) is 3. The largest absolute Gasteiger partial charge is 0.274 e. The van der Waals surface area contributed by atoms with E-state index in [1.54, 1.807) is 4.57 Å². The van der Waals surface area contributed by atoms with Crippen molar-refractivity contribution < 1.29 is 4.79 Å². The first-order chi connectivity index (χ1) is 7.24. The van der Waals surface area contributed by atoms with Gasteiger partial charge in [0.2, 0.25) is 5.91 Å². The van der Waals surface area contributed by atoms with Crippen molar-refractivity contribution in [1.29, 1.82) is 0 Å². The molecule has 0 aliphatic rings. The highest BCUT2D eigenvalue weighted by molar-refractivity contribution is 7.73. The van der Waals surface area contributed by atoms with Crippen molar-refractivity contribution in [2.75, 3.05) is 0 Å². The van der Waals surface area contributed by atoms with Crippen molar-refractivity contribution in [3.05, 3.63) is 28.2 Å². The standard InChI is InChI=1S/C11H11NOS2/c1-2-5-10(13)12-8-6-3-4-7-9(8)15-11(12)14/h3-4,6-7H,2,5H2,1H3. The van der Waals surface area contributed by atoms with Crippen LogP contribution in [0, 0.1) is 3.95 Å². The van der Waals surface area contributed by atoms with Gasteiger partial charge >= 0.3 is 0 Å². The van der Waals surface area contributed by atoms with Crippen molar-refractivity contribution >= 4 is 39.7 Å². The molecule has 1 aromatic heterocycles. The minimum absolute atomic E-state index is 0.0972. The summed E-state index contributed by atoms with van der Waals surface area (Å²) in [5, 5.41) is 0. The first-order valence-corrected chi connectivity index (χ1v) is 6.10. The molecular formula is C11H11NOS2. The van der Waals surface area contributed by atoms with Gasteiger partial charge < -0.3 is 0 Å². The molecule has 2 rings (SSSR count). The van der Waals surface area contributed by atoms with Crippen LogP contribution in [-0.4, -0.2) is 10.5 Å². The fourth-order valence-corrected chi connectivity index (χ4v) is 2.89. The number of rotatable bonds is 2. The Hall–Kier alpha value is -1.00. The molecule has 1 aromatic carbocycles. The van der Waals surface area contributed by atoms with Crippen molar-refractivity contribution in [1.82, 2.24) is 4.57 Å². The van der Waals surface area contributed by atoms with Gasteiger partial charge in [-0.05, 0) is 30.8 Å². The van der Waals surface area contributed by atoms with E-state index >= 15 is 0 Å². The predicted molar refractivity (Wildman–Crippen MR) is 66.2 cm³/mol. The molecule has 2 nitrogen and oxygen atoms in total. The number of thiazole rings is 1. The second-order valence-electron chi connectivity index (χ2n) is 3.31. The summed E-state index contributed by atoms with van der Waals surface area (Å²) in [4.78, 5) is 11.8. The first-order valence-electron chi connectivity index (χ1n) is 4.88. The van der Waals surface area contributed by atoms with Gasteiger partial charge in [-0.3, -0.25) is 9.36 Å². The van der Waals surface area contributed by atoms with Crippen LogP contribution < -0.4 is 0 Å². The molecule has 0 aliphatic heterocycles. The minimum atomic E-state index is 0.0972. The second-order valence-corrected chi connectivity index (χ2v) is 4.99. The predicted octanol–water partition coefficient (Wildman–Crippen LogP) is 3.87. The Bertz CT molecular complexity index is 553. The van der Waals surface area contributed by atoms with Crippen LogP contribution in [0.1, 0.15) is 24.6 Å². The van der Waals surface area contributed by atoms with Gasteiger partial charge in [-0.1, -0.05) is 19.1 Å². The quantitative estimate of drug-likeness (QED) is 0.740. The maximum atomic E-state index is 11.8. The van der Waals surface area contributed by atoms with E-state index in [0.717, 1.165) is 16.6 Å². The summed E-state index contributed by atoms with van der Waals surface area (Å²) in [6.07, 6.45) is 1.40. The molecule has 0 unspecified atom stereocenters. The molecule has 4 heteroatoms. The van der Waals surface area contributed by atoms with Crippen LogP contribution in [0.4, 0.5) is 0 Å². The molecule has 0 N–H and O–H groups in total. The van der Waals surface area contributed by atoms with Crippen molar-refractivity contribution in [3.63, 3.8) is 0 Å². The van der Waals surface area contributed by atoms with Gasteiger partial charge in [0.25, 0.3) is 0 Å². The lowest BCUT2D eigenvalue weighted by Gasteiger charge is -2.01. The Labute approximate surface area is 97.2 Å². The summed E-state index contributed by atoms with van der Waals surface area (Å²) in [5.41, 5.74) is 0.936. The molecule has 78 valence electrons. The SMILES string of the molecule is CCCC(=O)n1c(=S)sc2ccccc21. The van der Waals surface area contributed by atoms with Crippen LogP contribution in [0.3, 0.4) is 0 Å². The number of aromatic nitrogens is 1. The van der Waals surface area contributed by atoms with E-state index in [4.69, 9.17) is 12.2 Å². The molecule has 0 saturated heterocycles. The summed E-state index contributed by atoms with van der Waals surface area (Å²) < 4.78 is 3.38. The normalized spacial score (nSPS) is 10.7. The average molecular weight is 237 g/mol. The summed E-state index contributed by atoms with van der Waals surface area (Å²) in [6.45, 7) is 2.00. The molecular weight excluding hydrogens is 226 g/mol. The van der Waals surface area contributed by atoms with E-state index in [2.05, 4.69) is 0 Å². The van der Waals surface area contributed by atoms with Gasteiger partial charge in [0.1, 0.15) is 0 Å². The molecule has 1 heterocycles. The minimum Gasteiger partial charge on any atom is -0.274 e. The lowest BCUT2D eigenvalue weighted by molar-refractivity contribution is 0.0906. The van der Waals surface area contributed by atoms with Crippen molar-refractivity contribution in [3.8, 4) is 0 Å². The fraction of sp³-hybridized carbons (Fsp3) is 0.273. The van der Waals surface area contributed by atoms with Crippen molar-refractivity contribution in [2.45, 2.75) is 19.8 Å². The van der Waals surface area contributed by atoms with Crippen molar-refractivity contribution in [2.24, 2.45) is 0 Å². The number of carbonyl (C=O) groups is 1. The molecule has 0 saturated carbocycles. The highest BCUT2D eigenvalue weighted by atomic mass is 32.1. The Balaban J connectivity index is 2.64. The van der Waals surface area contributed by atoms with Gasteiger partial charge in [0.05, 0.1) is 10.2 Å². The number of hydrogen-bond donors (Lipinski definition) is 0. The smallest absolute Gasteiger partial charge is 0.232 e. The molecule has 0 amide bonds. The molecule has 0 radical (unpaired) electrons. The summed E-state index contributed by atoms with van der Waals surface area (Å²) in [7, 11) is 0. The Morgan fingerprint density at radius 3 is 2.93 bits per heavy atom. The second kappa shape index (κ2) is 4.24. The maximum absolute atomic E-state index is 11.8. The lowest BCUT2D eigenvalue weighted by Crippen LogP contribution is -2.09. The van der Waals surface area contributed by atoms with Crippen LogP contribution in [0.15, 0.2) is 24.3 Å². The first kappa shape index (κ1) is 10.5. The number of carbonyl (C=O) groups excluding carboxylic acids is 1. The molecule has 0 fully saturated rings. The monoisotopic (exact) mass is 237 g/mol. The Kier molecular flexibility index (Phi) is 2.98. The number of benzene rings is 1. The maximum Gasteiger partial charge on any atom is 0.232 e. The van der Waals surface area contributed by atoms with E-state index in [9.17, 15) is 4.79 Å². The number of fused-ring (bicyclic) bond motifs is 1. The lowest BCUT2D eigenvalue weighted by atomic mass is 10.3. The van der Waals surface area contributed by atoms with E-state index in [0.29, 0.717) is 10.4 Å². The van der Waals surface area contributed by atoms with E-state index in [1.807, 2.05) is 31.2 Å². The van der Waals surface area contributed by atoms with Gasteiger partial charge in [0, 0.05) is 6.42 Å². The third kappa shape index (κ3) is 1.87. The Morgan fingerprint density at radius 2 is 2.20 bits per heavy atom. The Morgan fingerprint density at radius 1 is 1.47 bits per heavy atom. The summed E-state index contributed by atoms with van der Waals surface area (Å²) >= 11 is 6.69. The third-order valence-corrected chi connectivity index (χ3v) is 3.55. The average Bonchev–Trinajstić information content (AvgIpc) is 2.54. The third-order valence-electron chi connectivity index (χ3n) is 2.20. The molecule has 15 heavy (non-hydrogen) atoms. The van der Waals surface area contributed by atoms with Gasteiger partial charge in [-0.25, -0.2) is 0 Å². The zero-order valence-electron chi connectivity index (χ0n) is 8.40. The van der Waals surface area contributed by atoms with E-state index in [1.165, 1.54) is 11.3 Å². The van der Waals surface area contributed by atoms with E-state index < -0.39 is 0 Å². The summed E-state index contributed by atoms with van der Waals surface area (Å²) in [5.74, 6) is 0.0972. The zero-order valence-corrected chi connectivity index (χ0v) is 10.0.